The molecule has 0 aliphatic heterocycles. The standard InChI is InChI=1S/C13H15F4/c1-3-4-5-9(2)10-6-11(13(15,16)17)8-12(14)7-10/h6-8H,3-5H2,1-2H3. The van der Waals surface area contributed by atoms with E-state index in [0.717, 1.165) is 30.9 Å². The summed E-state index contributed by atoms with van der Waals surface area (Å²) in [7, 11) is 0. The summed E-state index contributed by atoms with van der Waals surface area (Å²) in [6, 6.07) is 2.69. The Morgan fingerprint density at radius 2 is 1.82 bits per heavy atom. The van der Waals surface area contributed by atoms with Crippen molar-refractivity contribution in [3.63, 3.8) is 0 Å². The van der Waals surface area contributed by atoms with Crippen LogP contribution in [-0.2, 0) is 6.18 Å². The zero-order chi connectivity index (χ0) is 13.1. The minimum absolute atomic E-state index is 0.339. The molecular weight excluding hydrogens is 232 g/mol. The van der Waals surface area contributed by atoms with Gasteiger partial charge in [-0.25, -0.2) is 4.39 Å². The van der Waals surface area contributed by atoms with E-state index < -0.39 is 17.6 Å². The Hall–Kier alpha value is -1.06. The summed E-state index contributed by atoms with van der Waals surface area (Å²) in [5, 5.41) is 0. The Bertz CT molecular complexity index is 368. The van der Waals surface area contributed by atoms with Crippen LogP contribution in [0.3, 0.4) is 0 Å². The molecule has 0 heterocycles. The lowest BCUT2D eigenvalue weighted by atomic mass is 9.94. The molecule has 95 valence electrons. The molecule has 1 rings (SSSR count). The molecule has 0 saturated carbocycles. The summed E-state index contributed by atoms with van der Waals surface area (Å²) in [6.07, 6.45) is -1.96. The molecule has 0 nitrogen and oxygen atoms in total. The maximum atomic E-state index is 13.1. The van der Waals surface area contributed by atoms with Gasteiger partial charge in [-0.2, -0.15) is 13.2 Å². The molecule has 0 aliphatic carbocycles. The van der Waals surface area contributed by atoms with E-state index in [1.54, 1.807) is 6.92 Å². The number of halogens is 4. The molecular formula is C13H15F4. The highest BCUT2D eigenvalue weighted by Crippen LogP contribution is 2.32. The monoisotopic (exact) mass is 247 g/mol. The Labute approximate surface area is 98.6 Å². The largest absolute Gasteiger partial charge is 0.416 e. The zero-order valence-electron chi connectivity index (χ0n) is 9.87. The fraction of sp³-hybridized carbons (Fsp3) is 0.462. The molecule has 4 heteroatoms. The first kappa shape index (κ1) is 14.0. The smallest absolute Gasteiger partial charge is 0.207 e. The van der Waals surface area contributed by atoms with Gasteiger partial charge in [0.2, 0.25) is 0 Å². The van der Waals surface area contributed by atoms with E-state index in [4.69, 9.17) is 0 Å². The van der Waals surface area contributed by atoms with Gasteiger partial charge in [-0.15, -0.1) is 0 Å². The number of rotatable bonds is 4. The molecule has 17 heavy (non-hydrogen) atoms. The minimum atomic E-state index is -4.50. The average molecular weight is 247 g/mol. The Kier molecular flexibility index (Phi) is 4.54. The number of unbranched alkanes of at least 4 members (excludes halogenated alkanes) is 1. The molecule has 0 N–H and O–H groups in total. The van der Waals surface area contributed by atoms with Gasteiger partial charge >= 0.3 is 6.18 Å². The Morgan fingerprint density at radius 3 is 2.35 bits per heavy atom. The first-order valence-electron chi connectivity index (χ1n) is 5.55. The molecule has 0 aliphatic rings. The molecule has 0 aromatic heterocycles. The van der Waals surface area contributed by atoms with Crippen LogP contribution in [0.15, 0.2) is 18.2 Å². The second-order valence-electron chi connectivity index (χ2n) is 4.11. The molecule has 1 radical (unpaired) electrons. The summed E-state index contributed by atoms with van der Waals surface area (Å²) in [5.74, 6) is -0.0532. The first-order valence-corrected chi connectivity index (χ1v) is 5.55. The Morgan fingerprint density at radius 1 is 1.18 bits per heavy atom. The second-order valence-corrected chi connectivity index (χ2v) is 4.11. The fourth-order valence-corrected chi connectivity index (χ4v) is 1.59. The molecule has 0 bridgehead atoms. The van der Waals surface area contributed by atoms with Crippen molar-refractivity contribution in [1.82, 2.24) is 0 Å². The molecule has 0 fully saturated rings. The van der Waals surface area contributed by atoms with Crippen molar-refractivity contribution in [3.8, 4) is 0 Å². The number of hydrogen-bond acceptors (Lipinski definition) is 0. The van der Waals surface area contributed by atoms with Gasteiger partial charge in [0.25, 0.3) is 0 Å². The highest BCUT2D eigenvalue weighted by Gasteiger charge is 2.31. The van der Waals surface area contributed by atoms with Gasteiger partial charge < -0.3 is 0 Å². The third-order valence-corrected chi connectivity index (χ3v) is 2.62. The first-order chi connectivity index (χ1) is 7.84. The van der Waals surface area contributed by atoms with Crippen LogP contribution >= 0.6 is 0 Å². The van der Waals surface area contributed by atoms with Gasteiger partial charge in [-0.1, -0.05) is 26.7 Å². The van der Waals surface area contributed by atoms with Crippen molar-refractivity contribution < 1.29 is 17.6 Å². The van der Waals surface area contributed by atoms with Crippen molar-refractivity contribution >= 4 is 0 Å². The molecule has 0 atom stereocenters. The third-order valence-electron chi connectivity index (χ3n) is 2.62. The highest BCUT2D eigenvalue weighted by atomic mass is 19.4. The summed E-state index contributed by atoms with van der Waals surface area (Å²) in [6.45, 7) is 3.74. The van der Waals surface area contributed by atoms with Crippen LogP contribution in [0.25, 0.3) is 0 Å². The van der Waals surface area contributed by atoms with E-state index in [2.05, 4.69) is 0 Å². The lowest BCUT2D eigenvalue weighted by molar-refractivity contribution is -0.137. The van der Waals surface area contributed by atoms with Crippen LogP contribution in [0.2, 0.25) is 0 Å². The molecule has 0 unspecified atom stereocenters. The second kappa shape index (κ2) is 5.52. The zero-order valence-corrected chi connectivity index (χ0v) is 9.87. The minimum Gasteiger partial charge on any atom is -0.207 e. The lowest BCUT2D eigenvalue weighted by Crippen LogP contribution is -2.07. The van der Waals surface area contributed by atoms with Gasteiger partial charge in [0.1, 0.15) is 5.82 Å². The molecule has 1 aromatic carbocycles. The van der Waals surface area contributed by atoms with E-state index in [0.29, 0.717) is 18.1 Å². The maximum absolute atomic E-state index is 13.1. The molecule has 0 amide bonds. The summed E-state index contributed by atoms with van der Waals surface area (Å²) >= 11 is 0. The molecule has 0 spiro atoms. The van der Waals surface area contributed by atoms with Crippen LogP contribution in [0.5, 0.6) is 0 Å². The quantitative estimate of drug-likeness (QED) is 0.658. The lowest BCUT2D eigenvalue weighted by Gasteiger charge is -2.14. The van der Waals surface area contributed by atoms with Gasteiger partial charge in [-0.05, 0) is 30.2 Å². The van der Waals surface area contributed by atoms with Crippen molar-refractivity contribution in [2.75, 3.05) is 0 Å². The predicted molar refractivity (Wildman–Crippen MR) is 58.9 cm³/mol. The van der Waals surface area contributed by atoms with Crippen LogP contribution in [0.4, 0.5) is 17.6 Å². The van der Waals surface area contributed by atoms with E-state index in [1.165, 1.54) is 0 Å². The summed E-state index contributed by atoms with van der Waals surface area (Å²) < 4.78 is 50.6. The maximum Gasteiger partial charge on any atom is 0.416 e. The topological polar surface area (TPSA) is 0 Å². The van der Waals surface area contributed by atoms with Gasteiger partial charge in [-0.3, -0.25) is 0 Å². The van der Waals surface area contributed by atoms with Crippen LogP contribution in [0, 0.1) is 11.7 Å². The van der Waals surface area contributed by atoms with E-state index in [9.17, 15) is 17.6 Å². The number of benzene rings is 1. The normalized spacial score (nSPS) is 12.2. The summed E-state index contributed by atoms with van der Waals surface area (Å²) in [5.41, 5.74) is -0.589. The van der Waals surface area contributed by atoms with E-state index >= 15 is 0 Å². The van der Waals surface area contributed by atoms with Crippen LogP contribution in [0.1, 0.15) is 44.2 Å². The SMILES string of the molecule is CCCC[C](C)c1cc(F)cc(C(F)(F)F)c1. The summed E-state index contributed by atoms with van der Waals surface area (Å²) in [4.78, 5) is 0. The predicted octanol–water partition coefficient (Wildman–Crippen LogP) is 4.98. The number of hydrogen-bond donors (Lipinski definition) is 0. The van der Waals surface area contributed by atoms with Crippen molar-refractivity contribution in [2.45, 2.75) is 39.3 Å². The Balaban J connectivity index is 2.97. The highest BCUT2D eigenvalue weighted by molar-refractivity contribution is 5.35. The number of alkyl halides is 3. The fourth-order valence-electron chi connectivity index (χ4n) is 1.59. The van der Waals surface area contributed by atoms with Crippen molar-refractivity contribution in [2.24, 2.45) is 0 Å². The molecule has 0 saturated heterocycles. The van der Waals surface area contributed by atoms with Crippen molar-refractivity contribution in [1.29, 1.82) is 0 Å². The molecule has 1 aromatic rings. The average Bonchev–Trinajstić information content (AvgIpc) is 2.23. The van der Waals surface area contributed by atoms with Crippen molar-refractivity contribution in [3.05, 3.63) is 41.1 Å². The van der Waals surface area contributed by atoms with Crippen LogP contribution in [-0.4, -0.2) is 0 Å². The van der Waals surface area contributed by atoms with E-state index in [1.807, 2.05) is 6.92 Å². The third kappa shape index (κ3) is 4.02. The van der Waals surface area contributed by atoms with Crippen LogP contribution < -0.4 is 0 Å². The van der Waals surface area contributed by atoms with Gasteiger partial charge in [0.15, 0.2) is 0 Å². The van der Waals surface area contributed by atoms with Gasteiger partial charge in [0, 0.05) is 5.92 Å². The van der Waals surface area contributed by atoms with E-state index in [-0.39, 0.29) is 0 Å². The van der Waals surface area contributed by atoms with Gasteiger partial charge in [0.05, 0.1) is 5.56 Å².